The number of ether oxygens (including phenoxy) is 1. The van der Waals surface area contributed by atoms with E-state index in [1.54, 1.807) is 48.5 Å². The van der Waals surface area contributed by atoms with Gasteiger partial charge in [0, 0.05) is 24.4 Å². The standard InChI is InChI=1S/C20H17ClN4O3S/c1-24-17(12-28-14-8-6-13(21)7-9-14)22-23-20(24)29-11-10-25-18(26)15-4-2-3-5-16(15)19(25)27/h2-9H,10-12H2,1H3. The number of aromatic nitrogens is 3. The smallest absolute Gasteiger partial charge is 0.261 e. The number of rotatable bonds is 7. The largest absolute Gasteiger partial charge is 0.486 e. The Labute approximate surface area is 176 Å². The minimum Gasteiger partial charge on any atom is -0.486 e. The van der Waals surface area contributed by atoms with Crippen LogP contribution in [0.5, 0.6) is 5.75 Å². The molecule has 2 heterocycles. The molecule has 1 aliphatic rings. The van der Waals surface area contributed by atoms with Gasteiger partial charge in [-0.05, 0) is 36.4 Å². The predicted octanol–water partition coefficient (Wildman–Crippen LogP) is 3.44. The molecule has 1 aliphatic heterocycles. The zero-order valence-corrected chi connectivity index (χ0v) is 17.1. The average molecular weight is 429 g/mol. The van der Waals surface area contributed by atoms with E-state index in [9.17, 15) is 9.59 Å². The molecule has 0 saturated heterocycles. The number of carbonyl (C=O) groups excluding carboxylic acids is 2. The Morgan fingerprint density at radius 2 is 1.66 bits per heavy atom. The van der Waals surface area contributed by atoms with E-state index in [0.717, 1.165) is 0 Å². The molecular weight excluding hydrogens is 412 g/mol. The van der Waals surface area contributed by atoms with Crippen LogP contribution in [0.2, 0.25) is 5.02 Å². The Balaban J connectivity index is 1.32. The molecule has 9 heteroatoms. The molecule has 148 valence electrons. The Morgan fingerprint density at radius 3 is 2.31 bits per heavy atom. The van der Waals surface area contributed by atoms with Crippen molar-refractivity contribution in [2.75, 3.05) is 12.3 Å². The lowest BCUT2D eigenvalue weighted by atomic mass is 10.1. The summed E-state index contributed by atoms with van der Waals surface area (Å²) in [5.41, 5.74) is 0.922. The van der Waals surface area contributed by atoms with E-state index in [-0.39, 0.29) is 18.4 Å². The molecule has 0 saturated carbocycles. The fourth-order valence-electron chi connectivity index (χ4n) is 2.95. The van der Waals surface area contributed by atoms with Crippen molar-refractivity contribution in [3.8, 4) is 5.75 Å². The summed E-state index contributed by atoms with van der Waals surface area (Å²) in [4.78, 5) is 26.1. The van der Waals surface area contributed by atoms with Crippen molar-refractivity contribution in [2.45, 2.75) is 11.8 Å². The van der Waals surface area contributed by atoms with Crippen molar-refractivity contribution in [3.63, 3.8) is 0 Å². The Hall–Kier alpha value is -2.84. The van der Waals surface area contributed by atoms with E-state index in [0.29, 0.717) is 45.2 Å². The number of carbonyl (C=O) groups is 2. The van der Waals surface area contributed by atoms with Crippen LogP contribution in [0.4, 0.5) is 0 Å². The topological polar surface area (TPSA) is 77.3 Å². The van der Waals surface area contributed by atoms with Gasteiger partial charge in [0.05, 0.1) is 11.1 Å². The first-order valence-electron chi connectivity index (χ1n) is 8.89. The monoisotopic (exact) mass is 428 g/mol. The molecule has 7 nitrogen and oxygen atoms in total. The Bertz CT molecular complexity index is 1030. The Kier molecular flexibility index (Phi) is 5.55. The van der Waals surface area contributed by atoms with Crippen molar-refractivity contribution >= 4 is 35.2 Å². The van der Waals surface area contributed by atoms with Crippen molar-refractivity contribution in [1.29, 1.82) is 0 Å². The van der Waals surface area contributed by atoms with Crippen molar-refractivity contribution in [1.82, 2.24) is 19.7 Å². The normalized spacial score (nSPS) is 13.1. The molecule has 1 aromatic heterocycles. The van der Waals surface area contributed by atoms with Crippen LogP contribution in [-0.2, 0) is 13.7 Å². The first-order chi connectivity index (χ1) is 14.0. The third kappa shape index (κ3) is 3.99. The molecule has 0 spiro atoms. The lowest BCUT2D eigenvalue weighted by molar-refractivity contribution is 0.0664. The van der Waals surface area contributed by atoms with Crippen LogP contribution in [0.25, 0.3) is 0 Å². The van der Waals surface area contributed by atoms with E-state index in [1.165, 1.54) is 16.7 Å². The van der Waals surface area contributed by atoms with Gasteiger partial charge in [0.25, 0.3) is 11.8 Å². The molecule has 2 aromatic carbocycles. The number of amides is 2. The van der Waals surface area contributed by atoms with E-state index >= 15 is 0 Å². The zero-order valence-electron chi connectivity index (χ0n) is 15.5. The summed E-state index contributed by atoms with van der Waals surface area (Å²) in [6, 6.07) is 14.0. The van der Waals surface area contributed by atoms with Gasteiger partial charge in [-0.3, -0.25) is 14.5 Å². The number of imide groups is 1. The maximum Gasteiger partial charge on any atom is 0.261 e. The van der Waals surface area contributed by atoms with Crippen molar-refractivity contribution in [3.05, 3.63) is 70.5 Å². The fraction of sp³-hybridized carbons (Fsp3) is 0.200. The summed E-state index contributed by atoms with van der Waals surface area (Å²) in [5.74, 6) is 1.39. The van der Waals surface area contributed by atoms with E-state index in [2.05, 4.69) is 10.2 Å². The lowest BCUT2D eigenvalue weighted by Gasteiger charge is -2.13. The van der Waals surface area contributed by atoms with E-state index in [1.807, 2.05) is 11.6 Å². The number of benzene rings is 2. The second-order valence-corrected chi connectivity index (χ2v) is 7.85. The van der Waals surface area contributed by atoms with Gasteiger partial charge in [-0.2, -0.15) is 0 Å². The van der Waals surface area contributed by atoms with E-state index < -0.39 is 0 Å². The van der Waals surface area contributed by atoms with Crippen LogP contribution in [0.1, 0.15) is 26.5 Å². The molecule has 0 fully saturated rings. The zero-order chi connectivity index (χ0) is 20.4. The highest BCUT2D eigenvalue weighted by Gasteiger charge is 2.34. The third-order valence-electron chi connectivity index (χ3n) is 4.53. The molecule has 0 N–H and O–H groups in total. The minimum atomic E-state index is -0.249. The average Bonchev–Trinajstić information content (AvgIpc) is 3.20. The summed E-state index contributed by atoms with van der Waals surface area (Å²) in [6.45, 7) is 0.574. The quantitative estimate of drug-likeness (QED) is 0.424. The maximum absolute atomic E-state index is 12.4. The van der Waals surface area contributed by atoms with Crippen LogP contribution in [0, 0.1) is 0 Å². The molecule has 29 heavy (non-hydrogen) atoms. The summed E-state index contributed by atoms with van der Waals surface area (Å²) in [5, 5.41) is 9.66. The van der Waals surface area contributed by atoms with Gasteiger partial charge in [0.1, 0.15) is 12.4 Å². The van der Waals surface area contributed by atoms with Crippen molar-refractivity contribution in [2.24, 2.45) is 7.05 Å². The number of fused-ring (bicyclic) bond motifs is 1. The molecule has 0 unspecified atom stereocenters. The van der Waals surface area contributed by atoms with Gasteiger partial charge in [0.2, 0.25) is 0 Å². The molecule has 0 radical (unpaired) electrons. The van der Waals surface area contributed by atoms with Crippen LogP contribution in [0.3, 0.4) is 0 Å². The minimum absolute atomic E-state index is 0.249. The molecular formula is C20H17ClN4O3S. The molecule has 4 rings (SSSR count). The second kappa shape index (κ2) is 8.26. The van der Waals surface area contributed by atoms with Crippen LogP contribution < -0.4 is 4.74 Å². The number of hydrogen-bond acceptors (Lipinski definition) is 6. The number of hydrogen-bond donors (Lipinski definition) is 0. The molecule has 3 aromatic rings. The molecule has 0 bridgehead atoms. The van der Waals surface area contributed by atoms with Gasteiger partial charge in [-0.15, -0.1) is 10.2 Å². The predicted molar refractivity (Wildman–Crippen MR) is 109 cm³/mol. The summed E-state index contributed by atoms with van der Waals surface area (Å²) in [7, 11) is 1.85. The first-order valence-corrected chi connectivity index (χ1v) is 10.3. The summed E-state index contributed by atoms with van der Waals surface area (Å²) in [6.07, 6.45) is 0. The first kappa shape index (κ1) is 19.5. The third-order valence-corrected chi connectivity index (χ3v) is 5.78. The SMILES string of the molecule is Cn1c(COc2ccc(Cl)cc2)nnc1SCCN1C(=O)c2ccccc2C1=O. The highest BCUT2D eigenvalue weighted by molar-refractivity contribution is 7.99. The number of thioether (sulfide) groups is 1. The number of halogens is 1. The Morgan fingerprint density at radius 1 is 1.00 bits per heavy atom. The lowest BCUT2D eigenvalue weighted by Crippen LogP contribution is -2.31. The number of nitrogens with zero attached hydrogens (tertiary/aromatic N) is 4. The molecule has 0 aliphatic carbocycles. The second-order valence-electron chi connectivity index (χ2n) is 6.36. The fourth-order valence-corrected chi connectivity index (χ4v) is 3.93. The molecule has 2 amide bonds. The summed E-state index contributed by atoms with van der Waals surface area (Å²) < 4.78 is 7.54. The van der Waals surface area contributed by atoms with Gasteiger partial charge >= 0.3 is 0 Å². The highest BCUT2D eigenvalue weighted by Crippen LogP contribution is 2.24. The van der Waals surface area contributed by atoms with Crippen molar-refractivity contribution < 1.29 is 14.3 Å². The van der Waals surface area contributed by atoms with Gasteiger partial charge < -0.3 is 9.30 Å². The van der Waals surface area contributed by atoms with Gasteiger partial charge in [-0.1, -0.05) is 35.5 Å². The molecule has 0 atom stereocenters. The van der Waals surface area contributed by atoms with Crippen LogP contribution in [0.15, 0.2) is 53.7 Å². The van der Waals surface area contributed by atoms with Gasteiger partial charge in [-0.25, -0.2) is 0 Å². The van der Waals surface area contributed by atoms with E-state index in [4.69, 9.17) is 16.3 Å². The maximum atomic E-state index is 12.4. The van der Waals surface area contributed by atoms with Gasteiger partial charge in [0.15, 0.2) is 11.0 Å². The van der Waals surface area contributed by atoms with Crippen LogP contribution in [-0.4, -0.2) is 43.8 Å². The summed E-state index contributed by atoms with van der Waals surface area (Å²) >= 11 is 7.30. The highest BCUT2D eigenvalue weighted by atomic mass is 35.5. The van der Waals surface area contributed by atoms with Crippen LogP contribution >= 0.6 is 23.4 Å².